The third-order valence-electron chi connectivity index (χ3n) is 2.08. The van der Waals surface area contributed by atoms with Crippen molar-refractivity contribution in [2.45, 2.75) is 0 Å². The van der Waals surface area contributed by atoms with Gasteiger partial charge in [0.25, 0.3) is 0 Å². The molecule has 0 radical (unpaired) electrons. The minimum absolute atomic E-state index is 0. The maximum atomic E-state index is 10.6. The number of hydrogen-bond acceptors (Lipinski definition) is 2. The van der Waals surface area contributed by atoms with Gasteiger partial charge in [0.15, 0.2) is 0 Å². The van der Waals surface area contributed by atoms with Crippen molar-refractivity contribution in [1.82, 2.24) is 0 Å². The standard InChI is InChI=1S/C13H10O2.K/c14-13(15)12-8-6-11(7-9-12)10-4-2-1-3-5-10;/h1-9H,(H,14,15);/q;+1/p-1/i1T,6T;. The number of benzene rings is 2. The molecule has 2 rings (SSSR count). The van der Waals surface area contributed by atoms with Crippen molar-refractivity contribution in [3.8, 4) is 11.1 Å². The van der Waals surface area contributed by atoms with Gasteiger partial charge in [0.1, 0.15) is 0 Å². The summed E-state index contributed by atoms with van der Waals surface area (Å²) in [4.78, 5) is 10.6. The average Bonchev–Trinajstić information content (AvgIpc) is 2.30. The zero-order valence-corrected chi connectivity index (χ0v) is 12.0. The Labute approximate surface area is 140 Å². The summed E-state index contributed by atoms with van der Waals surface area (Å²) in [6.07, 6.45) is 0. The molecule has 0 spiro atoms. The van der Waals surface area contributed by atoms with Gasteiger partial charge in [-0.1, -0.05) is 54.5 Å². The predicted molar refractivity (Wildman–Crippen MR) is 56.2 cm³/mol. The minimum atomic E-state index is -1.29. The first-order chi connectivity index (χ1) is 8.08. The predicted octanol–water partition coefficient (Wildman–Crippen LogP) is -1.28. The second-order valence-corrected chi connectivity index (χ2v) is 3.07. The van der Waals surface area contributed by atoms with Crippen LogP contribution in [0.25, 0.3) is 11.1 Å². The molecule has 0 aliphatic carbocycles. The SMILES string of the molecule is [3H]c1ccc(-c2ccc(C(=O)[O-])cc2[3H])cc1.[K+]. The average molecular weight is 240 g/mol. The molecule has 0 amide bonds. The van der Waals surface area contributed by atoms with Crippen LogP contribution in [0, 0.1) is 0 Å². The van der Waals surface area contributed by atoms with Crippen LogP contribution in [0.3, 0.4) is 0 Å². The third kappa shape index (κ3) is 3.27. The van der Waals surface area contributed by atoms with Crippen LogP contribution in [0.5, 0.6) is 0 Å². The molecular formula is C13H9KO2. The fourth-order valence-electron chi connectivity index (χ4n) is 1.30. The zero-order chi connectivity index (χ0) is 12.4. The van der Waals surface area contributed by atoms with Gasteiger partial charge in [-0.25, -0.2) is 0 Å². The Morgan fingerprint density at radius 3 is 2.31 bits per heavy atom. The van der Waals surface area contributed by atoms with Gasteiger partial charge in [-0.3, -0.25) is 0 Å². The van der Waals surface area contributed by atoms with Gasteiger partial charge in [-0.2, -0.15) is 0 Å². The van der Waals surface area contributed by atoms with E-state index in [2.05, 4.69) is 0 Å². The van der Waals surface area contributed by atoms with Gasteiger partial charge >= 0.3 is 51.4 Å². The summed E-state index contributed by atoms with van der Waals surface area (Å²) in [5.41, 5.74) is 1.42. The summed E-state index contributed by atoms with van der Waals surface area (Å²) in [7, 11) is 0. The molecule has 16 heavy (non-hydrogen) atoms. The second kappa shape index (κ2) is 6.32. The molecular weight excluding hydrogens is 227 g/mol. The Hall–Kier alpha value is -0.454. The Kier molecular flexibility index (Phi) is 4.22. The molecule has 0 aliphatic heterocycles. The first-order valence-corrected chi connectivity index (χ1v) is 4.47. The van der Waals surface area contributed by atoms with Crippen LogP contribution in [0.4, 0.5) is 0 Å². The van der Waals surface area contributed by atoms with Gasteiger partial charge in [0, 0.05) is 0 Å². The van der Waals surface area contributed by atoms with Gasteiger partial charge in [-0.15, -0.1) is 0 Å². The van der Waals surface area contributed by atoms with E-state index in [1.54, 1.807) is 30.3 Å². The molecule has 0 bridgehead atoms. The number of carboxylic acids is 1. The topological polar surface area (TPSA) is 40.1 Å². The molecule has 0 aromatic heterocycles. The summed E-state index contributed by atoms with van der Waals surface area (Å²) in [5, 5.41) is 10.6. The Bertz CT molecular complexity index is 568. The van der Waals surface area contributed by atoms with Crippen molar-refractivity contribution in [2.24, 2.45) is 0 Å². The monoisotopic (exact) mass is 240 g/mol. The number of carboxylic acid groups (broad SMARTS) is 1. The van der Waals surface area contributed by atoms with Gasteiger partial charge in [0.2, 0.25) is 0 Å². The van der Waals surface area contributed by atoms with Gasteiger partial charge < -0.3 is 9.90 Å². The summed E-state index contributed by atoms with van der Waals surface area (Å²) >= 11 is 0. The maximum Gasteiger partial charge on any atom is 1.00 e. The Morgan fingerprint density at radius 2 is 1.75 bits per heavy atom. The number of carbonyl (C=O) groups is 1. The Balaban J connectivity index is 0.00000162. The van der Waals surface area contributed by atoms with E-state index in [1.165, 1.54) is 12.1 Å². The molecule has 0 unspecified atom stereocenters. The molecule has 2 aromatic rings. The van der Waals surface area contributed by atoms with Crippen molar-refractivity contribution >= 4 is 5.97 Å². The van der Waals surface area contributed by atoms with Crippen LogP contribution >= 0.6 is 0 Å². The normalized spacial score (nSPS) is 11.0. The summed E-state index contributed by atoms with van der Waals surface area (Å²) < 4.78 is 15.1. The van der Waals surface area contributed by atoms with Gasteiger partial charge in [0.05, 0.1) is 8.71 Å². The van der Waals surface area contributed by atoms with E-state index in [9.17, 15) is 9.90 Å². The van der Waals surface area contributed by atoms with E-state index < -0.39 is 5.97 Å². The smallest absolute Gasteiger partial charge is 0.545 e. The zero-order valence-electron chi connectivity index (χ0n) is 10.9. The van der Waals surface area contributed by atoms with Crippen LogP contribution in [0.15, 0.2) is 54.5 Å². The van der Waals surface area contributed by atoms with E-state index in [-0.39, 0.29) is 63.0 Å². The fraction of sp³-hybridized carbons (Fsp3) is 0. The molecule has 2 nitrogen and oxygen atoms in total. The molecule has 0 atom stereocenters. The maximum absolute atomic E-state index is 10.6. The number of rotatable bonds is 2. The second-order valence-electron chi connectivity index (χ2n) is 3.07. The van der Waals surface area contributed by atoms with E-state index in [4.69, 9.17) is 2.74 Å². The molecule has 0 saturated heterocycles. The number of aromatic carboxylic acids is 1. The fourth-order valence-corrected chi connectivity index (χ4v) is 1.30. The summed E-state index contributed by atoms with van der Waals surface area (Å²) in [6.45, 7) is 0. The van der Waals surface area contributed by atoms with Crippen molar-refractivity contribution < 1.29 is 64.0 Å². The minimum Gasteiger partial charge on any atom is -0.545 e. The summed E-state index contributed by atoms with van der Waals surface area (Å²) in [6, 6.07) is 11.5. The molecule has 3 heteroatoms. The van der Waals surface area contributed by atoms with Gasteiger partial charge in [-0.05, 0) is 16.7 Å². The quantitative estimate of drug-likeness (QED) is 0.614. The molecule has 74 valence electrons. The Morgan fingerprint density at radius 1 is 1.06 bits per heavy atom. The molecule has 2 aromatic carbocycles. The molecule has 0 fully saturated rings. The van der Waals surface area contributed by atoms with E-state index in [0.29, 0.717) is 11.6 Å². The van der Waals surface area contributed by atoms with Crippen LogP contribution in [-0.4, -0.2) is 5.97 Å². The molecule has 0 heterocycles. The van der Waals surface area contributed by atoms with E-state index >= 15 is 0 Å². The number of carbonyl (C=O) groups excluding carboxylic acids is 1. The molecule has 0 aliphatic rings. The van der Waals surface area contributed by atoms with E-state index in [1.807, 2.05) is 0 Å². The van der Waals surface area contributed by atoms with Crippen LogP contribution in [0.1, 0.15) is 13.1 Å². The molecule has 0 N–H and O–H groups in total. The van der Waals surface area contributed by atoms with Crippen LogP contribution < -0.4 is 56.5 Å². The van der Waals surface area contributed by atoms with Crippen LogP contribution in [0.2, 0.25) is 0 Å². The molecule has 0 saturated carbocycles. The largest absolute Gasteiger partial charge is 1.00 e. The first kappa shape index (κ1) is 10.7. The third-order valence-corrected chi connectivity index (χ3v) is 2.08. The van der Waals surface area contributed by atoms with Crippen molar-refractivity contribution in [3.05, 3.63) is 60.1 Å². The van der Waals surface area contributed by atoms with Crippen molar-refractivity contribution in [3.63, 3.8) is 0 Å². The van der Waals surface area contributed by atoms with Crippen LogP contribution in [-0.2, 0) is 0 Å². The first-order valence-electron chi connectivity index (χ1n) is 5.47. The van der Waals surface area contributed by atoms with Crippen molar-refractivity contribution in [2.75, 3.05) is 0 Å². The van der Waals surface area contributed by atoms with Crippen molar-refractivity contribution in [1.29, 1.82) is 0 Å². The van der Waals surface area contributed by atoms with E-state index in [0.717, 1.165) is 5.56 Å². The number of hydrogen-bond donors (Lipinski definition) is 0. The summed E-state index contributed by atoms with van der Waals surface area (Å²) in [5.74, 6) is -1.29.